The van der Waals surface area contributed by atoms with Crippen molar-refractivity contribution in [1.29, 1.82) is 0 Å². The molecule has 0 bridgehead atoms. The zero-order valence-corrected chi connectivity index (χ0v) is 9.45. The number of nitro benzene ring substituents is 1. The molecule has 0 aliphatic heterocycles. The molecule has 19 heavy (non-hydrogen) atoms. The van der Waals surface area contributed by atoms with E-state index in [9.17, 15) is 28.1 Å². The van der Waals surface area contributed by atoms with Crippen molar-refractivity contribution in [1.82, 2.24) is 0 Å². The standard InChI is InChI=1S/C11H6F3NO4/c1-19-10(16)5-2-7-6-8(15(17)18)3-4-9(7)11(12,13)14/h3-4,6H,1H3. The molecule has 0 aliphatic carbocycles. The number of rotatable bonds is 1. The molecule has 0 unspecified atom stereocenters. The van der Waals surface area contributed by atoms with E-state index >= 15 is 0 Å². The first-order valence-corrected chi connectivity index (χ1v) is 4.71. The molecular formula is C11H6F3NO4. The molecule has 0 heterocycles. The Hall–Kier alpha value is -2.56. The van der Waals surface area contributed by atoms with Crippen molar-refractivity contribution in [3.63, 3.8) is 0 Å². The van der Waals surface area contributed by atoms with Gasteiger partial charge in [-0.05, 0) is 6.07 Å². The van der Waals surface area contributed by atoms with Gasteiger partial charge in [-0.25, -0.2) is 4.79 Å². The number of alkyl halides is 3. The van der Waals surface area contributed by atoms with Crippen molar-refractivity contribution < 1.29 is 27.6 Å². The predicted molar refractivity (Wildman–Crippen MR) is 57.0 cm³/mol. The molecule has 0 N–H and O–H groups in total. The third-order valence-corrected chi connectivity index (χ3v) is 2.00. The van der Waals surface area contributed by atoms with Crippen molar-refractivity contribution >= 4 is 11.7 Å². The average Bonchev–Trinajstić information content (AvgIpc) is 2.34. The summed E-state index contributed by atoms with van der Waals surface area (Å²) in [6, 6.07) is 1.91. The fraction of sp³-hybridized carbons (Fsp3) is 0.182. The predicted octanol–water partition coefficient (Wildman–Crippen LogP) is 2.14. The van der Waals surface area contributed by atoms with E-state index in [4.69, 9.17) is 0 Å². The molecule has 0 radical (unpaired) electrons. The van der Waals surface area contributed by atoms with Crippen LogP contribution in [0.3, 0.4) is 0 Å². The van der Waals surface area contributed by atoms with E-state index in [1.54, 1.807) is 5.92 Å². The number of nitro groups is 1. The van der Waals surface area contributed by atoms with Gasteiger partial charge in [0.05, 0.1) is 17.6 Å². The zero-order valence-electron chi connectivity index (χ0n) is 9.45. The number of hydrogen-bond acceptors (Lipinski definition) is 4. The molecule has 0 atom stereocenters. The van der Waals surface area contributed by atoms with Crippen LogP contribution in [0.2, 0.25) is 0 Å². The third-order valence-electron chi connectivity index (χ3n) is 2.00. The van der Waals surface area contributed by atoms with Crippen LogP contribution in [-0.2, 0) is 15.7 Å². The molecule has 0 saturated carbocycles. The second-order valence-corrected chi connectivity index (χ2v) is 3.23. The maximum Gasteiger partial charge on any atom is 0.417 e. The second kappa shape index (κ2) is 5.39. The van der Waals surface area contributed by atoms with E-state index in [1.807, 2.05) is 5.92 Å². The molecule has 0 amide bonds. The number of carbonyl (C=O) groups excluding carboxylic acids is 1. The van der Waals surface area contributed by atoms with E-state index in [1.165, 1.54) is 0 Å². The number of halogens is 3. The van der Waals surface area contributed by atoms with Gasteiger partial charge in [-0.15, -0.1) is 0 Å². The van der Waals surface area contributed by atoms with Crippen molar-refractivity contribution in [3.8, 4) is 11.8 Å². The minimum absolute atomic E-state index is 0.541. The van der Waals surface area contributed by atoms with Crippen molar-refractivity contribution in [2.45, 2.75) is 6.18 Å². The number of benzene rings is 1. The van der Waals surface area contributed by atoms with Gasteiger partial charge < -0.3 is 4.74 Å². The fourth-order valence-corrected chi connectivity index (χ4v) is 1.17. The summed E-state index contributed by atoms with van der Waals surface area (Å²) in [4.78, 5) is 20.4. The van der Waals surface area contributed by atoms with Crippen LogP contribution in [0.5, 0.6) is 0 Å². The normalized spacial score (nSPS) is 10.3. The molecule has 5 nitrogen and oxygen atoms in total. The lowest BCUT2D eigenvalue weighted by molar-refractivity contribution is -0.384. The van der Waals surface area contributed by atoms with Gasteiger partial charge in [-0.1, -0.05) is 5.92 Å². The lowest BCUT2D eigenvalue weighted by Crippen LogP contribution is -2.08. The number of nitrogens with zero attached hydrogens (tertiary/aromatic N) is 1. The summed E-state index contributed by atoms with van der Waals surface area (Å²) >= 11 is 0. The largest absolute Gasteiger partial charge is 0.459 e. The van der Waals surface area contributed by atoms with Gasteiger partial charge in [0, 0.05) is 23.6 Å². The van der Waals surface area contributed by atoms with E-state index in [-0.39, 0.29) is 0 Å². The maximum absolute atomic E-state index is 12.6. The van der Waals surface area contributed by atoms with Crippen LogP contribution in [0.15, 0.2) is 18.2 Å². The summed E-state index contributed by atoms with van der Waals surface area (Å²) in [6.45, 7) is 0. The maximum atomic E-state index is 12.6. The molecule has 0 aliphatic rings. The lowest BCUT2D eigenvalue weighted by Gasteiger charge is -2.08. The Bertz CT molecular complexity index is 584. The van der Waals surface area contributed by atoms with Crippen LogP contribution in [0.25, 0.3) is 0 Å². The van der Waals surface area contributed by atoms with E-state index in [0.717, 1.165) is 7.11 Å². The molecular weight excluding hydrogens is 267 g/mol. The zero-order chi connectivity index (χ0) is 14.6. The molecule has 0 fully saturated rings. The Labute approximate surface area is 105 Å². The van der Waals surface area contributed by atoms with Gasteiger partial charge in [-0.3, -0.25) is 10.1 Å². The van der Waals surface area contributed by atoms with Gasteiger partial charge >= 0.3 is 12.1 Å². The van der Waals surface area contributed by atoms with Crippen molar-refractivity contribution in [3.05, 3.63) is 39.4 Å². The first-order chi connectivity index (χ1) is 8.75. The summed E-state index contributed by atoms with van der Waals surface area (Å²) in [5.41, 5.74) is -2.37. The molecule has 0 aromatic heterocycles. The van der Waals surface area contributed by atoms with Crippen LogP contribution in [-0.4, -0.2) is 18.0 Å². The SMILES string of the molecule is COC(=O)C#Cc1cc([N+](=O)[O-])ccc1C(F)(F)F. The fourth-order valence-electron chi connectivity index (χ4n) is 1.17. The summed E-state index contributed by atoms with van der Waals surface area (Å²) in [5.74, 6) is 2.67. The Kier molecular flexibility index (Phi) is 4.11. The highest BCUT2D eigenvalue weighted by atomic mass is 19.4. The Balaban J connectivity index is 3.37. The monoisotopic (exact) mass is 273 g/mol. The van der Waals surface area contributed by atoms with Gasteiger partial charge in [-0.2, -0.15) is 13.2 Å². The number of non-ortho nitro benzene ring substituents is 1. The van der Waals surface area contributed by atoms with Gasteiger partial charge in [0.2, 0.25) is 0 Å². The van der Waals surface area contributed by atoms with E-state index in [0.29, 0.717) is 18.2 Å². The highest BCUT2D eigenvalue weighted by Gasteiger charge is 2.34. The number of esters is 1. The summed E-state index contributed by atoms with van der Waals surface area (Å²) in [7, 11) is 1.01. The Morgan fingerprint density at radius 1 is 1.42 bits per heavy atom. The topological polar surface area (TPSA) is 69.4 Å². The molecule has 8 heteroatoms. The molecule has 100 valence electrons. The number of ether oxygens (including phenoxy) is 1. The number of hydrogen-bond donors (Lipinski definition) is 0. The first kappa shape index (κ1) is 14.5. The lowest BCUT2D eigenvalue weighted by atomic mass is 10.1. The quantitative estimate of drug-likeness (QED) is 0.340. The molecule has 1 aromatic rings. The van der Waals surface area contributed by atoms with Crippen LogP contribution >= 0.6 is 0 Å². The van der Waals surface area contributed by atoms with Gasteiger partial charge in [0.1, 0.15) is 0 Å². The Morgan fingerprint density at radius 2 is 2.05 bits per heavy atom. The summed E-state index contributed by atoms with van der Waals surface area (Å²) in [5, 5.41) is 10.5. The van der Waals surface area contributed by atoms with E-state index < -0.39 is 33.9 Å². The van der Waals surface area contributed by atoms with E-state index in [2.05, 4.69) is 4.74 Å². The molecule has 0 spiro atoms. The molecule has 1 rings (SSSR count). The highest BCUT2D eigenvalue weighted by molar-refractivity contribution is 5.89. The minimum Gasteiger partial charge on any atom is -0.459 e. The summed E-state index contributed by atoms with van der Waals surface area (Å²) < 4.78 is 42.0. The van der Waals surface area contributed by atoms with Gasteiger partial charge in [0.25, 0.3) is 5.69 Å². The van der Waals surface area contributed by atoms with Crippen molar-refractivity contribution in [2.75, 3.05) is 7.11 Å². The smallest absolute Gasteiger partial charge is 0.417 e. The third kappa shape index (κ3) is 3.70. The van der Waals surface area contributed by atoms with Crippen LogP contribution in [0, 0.1) is 22.0 Å². The molecule has 0 saturated heterocycles. The Morgan fingerprint density at radius 3 is 2.53 bits per heavy atom. The number of methoxy groups -OCH3 is 1. The van der Waals surface area contributed by atoms with Crippen LogP contribution in [0.4, 0.5) is 18.9 Å². The van der Waals surface area contributed by atoms with Crippen LogP contribution in [0.1, 0.15) is 11.1 Å². The molecule has 1 aromatic carbocycles. The average molecular weight is 273 g/mol. The minimum atomic E-state index is -4.73. The first-order valence-electron chi connectivity index (χ1n) is 4.71. The van der Waals surface area contributed by atoms with Gasteiger partial charge in [0.15, 0.2) is 0 Å². The summed E-state index contributed by atoms with van der Waals surface area (Å²) in [6.07, 6.45) is -4.73. The van der Waals surface area contributed by atoms with Crippen LogP contribution < -0.4 is 0 Å². The van der Waals surface area contributed by atoms with Crippen molar-refractivity contribution in [2.24, 2.45) is 0 Å². The number of carbonyl (C=O) groups is 1. The second-order valence-electron chi connectivity index (χ2n) is 3.23. The highest BCUT2D eigenvalue weighted by Crippen LogP contribution is 2.33.